The number of aromatic hydroxyl groups is 1. The van der Waals surface area contributed by atoms with Crippen LogP contribution in [0, 0.1) is 0 Å². The molecule has 0 spiro atoms. The number of nitrogens with one attached hydrogen (secondary N) is 1. The van der Waals surface area contributed by atoms with Crippen molar-refractivity contribution in [3.05, 3.63) is 75.8 Å². The highest BCUT2D eigenvalue weighted by molar-refractivity contribution is 6.02. The summed E-state index contributed by atoms with van der Waals surface area (Å²) in [5, 5.41) is 9.80. The lowest BCUT2D eigenvalue weighted by Gasteiger charge is -2.14. The van der Waals surface area contributed by atoms with Gasteiger partial charge < -0.3 is 15.8 Å². The second-order valence-corrected chi connectivity index (χ2v) is 7.06. The molecular formula is C21H17N5O3. The molecule has 2 heterocycles. The minimum atomic E-state index is -0.765. The molecule has 1 aliphatic carbocycles. The average molecular weight is 387 g/mol. The van der Waals surface area contributed by atoms with Gasteiger partial charge in [0.15, 0.2) is 17.2 Å². The lowest BCUT2D eigenvalue weighted by atomic mass is 10.1. The summed E-state index contributed by atoms with van der Waals surface area (Å²) in [5.74, 6) is -0.511. The van der Waals surface area contributed by atoms with Gasteiger partial charge in [-0.3, -0.25) is 9.36 Å². The number of hydrogen-bond acceptors (Lipinski definition) is 5. The van der Waals surface area contributed by atoms with E-state index in [0.717, 1.165) is 18.4 Å². The number of benzene rings is 2. The number of aromatic amines is 1. The first-order chi connectivity index (χ1) is 14.0. The number of H-pyrrole nitrogens is 1. The van der Waals surface area contributed by atoms with Gasteiger partial charge in [-0.05, 0) is 36.1 Å². The largest absolute Gasteiger partial charge is 0.508 e. The van der Waals surface area contributed by atoms with E-state index in [1.165, 1.54) is 17.7 Å². The molecule has 144 valence electrons. The summed E-state index contributed by atoms with van der Waals surface area (Å²) in [5.41, 5.74) is 8.41. The first-order valence-corrected chi connectivity index (χ1v) is 9.22. The smallest absolute Gasteiger partial charge is 0.328 e. The number of carbonyl (C=O) groups is 1. The highest BCUT2D eigenvalue weighted by Gasteiger charge is 2.29. The van der Waals surface area contributed by atoms with E-state index in [4.69, 9.17) is 5.73 Å². The lowest BCUT2D eigenvalue weighted by Crippen LogP contribution is -2.22. The molecule has 0 fully saturated rings. The van der Waals surface area contributed by atoms with E-state index in [2.05, 4.69) is 21.0 Å². The summed E-state index contributed by atoms with van der Waals surface area (Å²) in [7, 11) is 0. The van der Waals surface area contributed by atoms with Crippen molar-refractivity contribution in [1.82, 2.24) is 19.5 Å². The molecule has 2 aromatic heterocycles. The van der Waals surface area contributed by atoms with Crippen molar-refractivity contribution in [2.24, 2.45) is 5.73 Å². The summed E-state index contributed by atoms with van der Waals surface area (Å²) in [4.78, 5) is 36.5. The van der Waals surface area contributed by atoms with Gasteiger partial charge in [-0.2, -0.15) is 0 Å². The van der Waals surface area contributed by atoms with Crippen LogP contribution in [0.15, 0.2) is 53.3 Å². The first kappa shape index (κ1) is 17.2. The van der Waals surface area contributed by atoms with Crippen LogP contribution in [0.25, 0.3) is 22.6 Å². The Hall–Kier alpha value is -3.94. The molecule has 5 rings (SSSR count). The number of hydrogen-bond donors (Lipinski definition) is 3. The summed E-state index contributed by atoms with van der Waals surface area (Å²) in [6.07, 6.45) is 1.61. The van der Waals surface area contributed by atoms with E-state index in [-0.39, 0.29) is 34.5 Å². The Balaban J connectivity index is 1.79. The number of imidazole rings is 1. The second kappa shape index (κ2) is 6.30. The van der Waals surface area contributed by atoms with E-state index in [9.17, 15) is 14.7 Å². The number of phenolic OH excluding ortho intramolecular Hbond substituents is 1. The number of amides is 1. The fraction of sp³-hybridized carbons (Fsp3) is 0.143. The molecule has 0 aliphatic heterocycles. The highest BCUT2D eigenvalue weighted by atomic mass is 16.3. The van der Waals surface area contributed by atoms with E-state index in [1.54, 1.807) is 16.7 Å². The van der Waals surface area contributed by atoms with Gasteiger partial charge >= 0.3 is 5.69 Å². The van der Waals surface area contributed by atoms with Crippen molar-refractivity contribution in [1.29, 1.82) is 0 Å². The molecule has 8 nitrogen and oxygen atoms in total. The summed E-state index contributed by atoms with van der Waals surface area (Å²) in [6, 6.07) is 14.2. The maximum atomic E-state index is 12.9. The number of nitrogens with zero attached hydrogens (tertiary/aromatic N) is 3. The van der Waals surface area contributed by atoms with Crippen LogP contribution in [0.3, 0.4) is 0 Å². The first-order valence-electron chi connectivity index (χ1n) is 9.22. The van der Waals surface area contributed by atoms with E-state index >= 15 is 0 Å². The number of fused-ring (bicyclic) bond motifs is 2. The van der Waals surface area contributed by atoms with Crippen molar-refractivity contribution in [2.45, 2.75) is 18.9 Å². The number of nitrogens with two attached hydrogens (primary N) is 1. The fourth-order valence-corrected chi connectivity index (χ4v) is 4.05. The topological polar surface area (TPSA) is 127 Å². The molecule has 0 bridgehead atoms. The Morgan fingerprint density at radius 3 is 2.79 bits per heavy atom. The zero-order valence-corrected chi connectivity index (χ0v) is 15.3. The van der Waals surface area contributed by atoms with E-state index in [0.29, 0.717) is 11.2 Å². The number of primary amides is 1. The second-order valence-electron chi connectivity index (χ2n) is 7.06. The molecular weight excluding hydrogens is 370 g/mol. The third-order valence-corrected chi connectivity index (χ3v) is 5.32. The Morgan fingerprint density at radius 2 is 2.00 bits per heavy atom. The van der Waals surface area contributed by atoms with Gasteiger partial charge in [-0.15, -0.1) is 0 Å². The predicted molar refractivity (Wildman–Crippen MR) is 107 cm³/mol. The van der Waals surface area contributed by atoms with Gasteiger partial charge in [-0.1, -0.05) is 36.4 Å². The normalized spacial score (nSPS) is 15.5. The van der Waals surface area contributed by atoms with Crippen molar-refractivity contribution in [3.63, 3.8) is 0 Å². The van der Waals surface area contributed by atoms with Crippen LogP contribution in [0.1, 0.15) is 34.1 Å². The van der Waals surface area contributed by atoms with Crippen LogP contribution in [0.5, 0.6) is 5.75 Å². The zero-order valence-electron chi connectivity index (χ0n) is 15.3. The standard InChI is InChI=1S/C21H17N5O3/c22-18(28)16-17-20(25-19(23-16)12-5-3-6-13(27)10-12)26(21(29)24-17)15-9-8-11-4-1-2-7-14(11)15/h1-7,10,15,27H,8-9H2,(H2,22,28)(H,24,29). The Bertz CT molecular complexity index is 1340. The van der Waals surface area contributed by atoms with Crippen LogP contribution in [-0.2, 0) is 6.42 Å². The molecule has 4 aromatic rings. The Kier molecular flexibility index (Phi) is 3.73. The van der Waals surface area contributed by atoms with Crippen molar-refractivity contribution in [2.75, 3.05) is 0 Å². The van der Waals surface area contributed by atoms with Gasteiger partial charge in [0.05, 0.1) is 6.04 Å². The number of carbonyl (C=O) groups excluding carboxylic acids is 1. The van der Waals surface area contributed by atoms with Crippen molar-refractivity contribution < 1.29 is 9.90 Å². The van der Waals surface area contributed by atoms with Gasteiger partial charge in [0.2, 0.25) is 0 Å². The summed E-state index contributed by atoms with van der Waals surface area (Å²) in [6.45, 7) is 0. The Labute approximate surface area is 164 Å². The molecule has 8 heteroatoms. The highest BCUT2D eigenvalue weighted by Crippen LogP contribution is 2.35. The van der Waals surface area contributed by atoms with Crippen LogP contribution in [-0.4, -0.2) is 30.5 Å². The average Bonchev–Trinajstić information content (AvgIpc) is 3.26. The van der Waals surface area contributed by atoms with E-state index in [1.807, 2.05) is 18.2 Å². The number of aromatic nitrogens is 4. The zero-order chi connectivity index (χ0) is 20.1. The van der Waals surface area contributed by atoms with Crippen LogP contribution in [0.2, 0.25) is 0 Å². The molecule has 0 radical (unpaired) electrons. The summed E-state index contributed by atoms with van der Waals surface area (Å²) >= 11 is 0. The molecule has 1 atom stereocenters. The molecule has 1 unspecified atom stereocenters. The van der Waals surface area contributed by atoms with Gasteiger partial charge in [0.25, 0.3) is 5.91 Å². The molecule has 0 saturated heterocycles. The lowest BCUT2D eigenvalue weighted by molar-refractivity contribution is 0.0997. The third kappa shape index (κ3) is 2.68. The quantitative estimate of drug-likeness (QED) is 0.496. The number of phenols is 1. The van der Waals surface area contributed by atoms with Crippen molar-refractivity contribution in [3.8, 4) is 17.1 Å². The van der Waals surface area contributed by atoms with Gasteiger partial charge in [0, 0.05) is 5.56 Å². The molecule has 1 aliphatic rings. The molecule has 0 saturated carbocycles. The molecule has 4 N–H and O–H groups in total. The third-order valence-electron chi connectivity index (χ3n) is 5.32. The number of aryl methyl sites for hydroxylation is 1. The van der Waals surface area contributed by atoms with Crippen LogP contribution in [0.4, 0.5) is 0 Å². The van der Waals surface area contributed by atoms with Crippen molar-refractivity contribution >= 4 is 17.1 Å². The van der Waals surface area contributed by atoms with Crippen LogP contribution >= 0.6 is 0 Å². The fourth-order valence-electron chi connectivity index (χ4n) is 4.05. The van der Waals surface area contributed by atoms with Gasteiger partial charge in [-0.25, -0.2) is 14.8 Å². The maximum absolute atomic E-state index is 12.9. The maximum Gasteiger partial charge on any atom is 0.328 e. The van der Waals surface area contributed by atoms with E-state index < -0.39 is 5.91 Å². The molecule has 29 heavy (non-hydrogen) atoms. The van der Waals surface area contributed by atoms with Crippen LogP contribution < -0.4 is 11.4 Å². The molecule has 2 aromatic carbocycles. The Morgan fingerprint density at radius 1 is 1.17 bits per heavy atom. The van der Waals surface area contributed by atoms with Gasteiger partial charge in [0.1, 0.15) is 11.3 Å². The molecule has 1 amide bonds. The monoisotopic (exact) mass is 387 g/mol. The summed E-state index contributed by atoms with van der Waals surface area (Å²) < 4.78 is 1.57. The SMILES string of the molecule is NC(=O)c1nc(-c2cccc(O)c2)nc2c1[nH]c(=O)n2C1CCc2ccccc21. The minimum absolute atomic E-state index is 0.0444. The number of rotatable bonds is 3. The minimum Gasteiger partial charge on any atom is -0.508 e. The predicted octanol–water partition coefficient (Wildman–Crippen LogP) is 2.13.